The van der Waals surface area contributed by atoms with Gasteiger partial charge in [0.2, 0.25) is 0 Å². The van der Waals surface area contributed by atoms with Gasteiger partial charge in [0.05, 0.1) is 13.2 Å². The van der Waals surface area contributed by atoms with Gasteiger partial charge in [0.25, 0.3) is 0 Å². The van der Waals surface area contributed by atoms with Gasteiger partial charge in [-0.05, 0) is 35.4 Å². The van der Waals surface area contributed by atoms with Crippen LogP contribution in [0.5, 0.6) is 11.5 Å². The van der Waals surface area contributed by atoms with Crippen molar-refractivity contribution in [2.45, 2.75) is 31.5 Å². The molecule has 2 aromatic carbocycles. The SMILES string of the molecule is COCC(O)COc1ccc(C(C)(C)c2ccc(OCC3CO3)cc2)cc1. The molecule has 2 unspecified atom stereocenters. The van der Waals surface area contributed by atoms with E-state index in [0.717, 1.165) is 18.1 Å². The Labute approximate surface area is 160 Å². The molecule has 3 rings (SSSR count). The molecule has 27 heavy (non-hydrogen) atoms. The Balaban J connectivity index is 1.61. The second kappa shape index (κ2) is 8.74. The zero-order valence-corrected chi connectivity index (χ0v) is 16.2. The van der Waals surface area contributed by atoms with Crippen molar-refractivity contribution in [3.63, 3.8) is 0 Å². The summed E-state index contributed by atoms with van der Waals surface area (Å²) in [5.41, 5.74) is 2.25. The number of rotatable bonds is 10. The fraction of sp³-hybridized carbons (Fsp3) is 0.455. The molecule has 0 amide bonds. The number of ether oxygens (including phenoxy) is 4. The maximum Gasteiger partial charge on any atom is 0.119 e. The number of aliphatic hydroxyl groups excluding tert-OH is 1. The standard InChI is InChI=1S/C22H28O5/c1-22(2,17-6-10-20(11-7-17)26-14-21-15-27-21)16-4-8-19(9-5-16)25-13-18(23)12-24-3/h4-11,18,21,23H,12-15H2,1-3H3. The summed E-state index contributed by atoms with van der Waals surface area (Å²) in [6, 6.07) is 16.2. The first-order valence-electron chi connectivity index (χ1n) is 9.24. The smallest absolute Gasteiger partial charge is 0.119 e. The van der Waals surface area contributed by atoms with Crippen molar-refractivity contribution in [3.05, 3.63) is 59.7 Å². The summed E-state index contributed by atoms with van der Waals surface area (Å²) in [5.74, 6) is 1.60. The minimum atomic E-state index is -0.627. The third-order valence-electron chi connectivity index (χ3n) is 4.79. The summed E-state index contributed by atoms with van der Waals surface area (Å²) in [7, 11) is 1.56. The molecule has 0 aliphatic carbocycles. The van der Waals surface area contributed by atoms with Gasteiger partial charge in [0, 0.05) is 12.5 Å². The van der Waals surface area contributed by atoms with E-state index in [0.29, 0.717) is 6.61 Å². The van der Waals surface area contributed by atoms with Gasteiger partial charge in [-0.3, -0.25) is 0 Å². The van der Waals surface area contributed by atoms with Gasteiger partial charge < -0.3 is 24.1 Å². The van der Waals surface area contributed by atoms with Crippen molar-refractivity contribution in [3.8, 4) is 11.5 Å². The number of epoxide rings is 1. The average Bonchev–Trinajstić information content (AvgIpc) is 3.50. The van der Waals surface area contributed by atoms with Crippen LogP contribution in [0.25, 0.3) is 0 Å². The molecule has 5 heteroatoms. The Kier molecular flexibility index (Phi) is 6.37. The minimum absolute atomic E-state index is 0.147. The Morgan fingerprint density at radius 1 is 0.963 bits per heavy atom. The third kappa shape index (κ3) is 5.45. The first kappa shape index (κ1) is 19.7. The van der Waals surface area contributed by atoms with Crippen molar-refractivity contribution in [1.29, 1.82) is 0 Å². The van der Waals surface area contributed by atoms with E-state index in [2.05, 4.69) is 38.1 Å². The quantitative estimate of drug-likeness (QED) is 0.649. The predicted molar refractivity (Wildman–Crippen MR) is 104 cm³/mol. The zero-order valence-electron chi connectivity index (χ0n) is 16.2. The van der Waals surface area contributed by atoms with Gasteiger partial charge in [-0.2, -0.15) is 0 Å². The molecular weight excluding hydrogens is 344 g/mol. The summed E-state index contributed by atoms with van der Waals surface area (Å²) >= 11 is 0. The Morgan fingerprint density at radius 2 is 1.48 bits per heavy atom. The molecule has 1 fully saturated rings. The average molecular weight is 372 g/mol. The van der Waals surface area contributed by atoms with E-state index in [1.807, 2.05) is 24.3 Å². The molecule has 2 atom stereocenters. The molecule has 0 bridgehead atoms. The fourth-order valence-corrected chi connectivity index (χ4v) is 2.89. The highest BCUT2D eigenvalue weighted by Gasteiger charge is 2.24. The van der Waals surface area contributed by atoms with Gasteiger partial charge in [-0.25, -0.2) is 0 Å². The topological polar surface area (TPSA) is 60.5 Å². The molecule has 1 heterocycles. The highest BCUT2D eigenvalue weighted by Crippen LogP contribution is 2.33. The van der Waals surface area contributed by atoms with Crippen molar-refractivity contribution in [2.24, 2.45) is 0 Å². The summed E-state index contributed by atoms with van der Waals surface area (Å²) in [5, 5.41) is 9.67. The second-order valence-corrected chi connectivity index (χ2v) is 7.36. The van der Waals surface area contributed by atoms with Crippen LogP contribution in [0.2, 0.25) is 0 Å². The number of hydrogen-bond acceptors (Lipinski definition) is 5. The first-order chi connectivity index (χ1) is 13.0. The van der Waals surface area contributed by atoms with Crippen LogP contribution >= 0.6 is 0 Å². The maximum absolute atomic E-state index is 9.67. The van der Waals surface area contributed by atoms with Gasteiger partial charge >= 0.3 is 0 Å². The normalized spacial score (nSPS) is 17.4. The summed E-state index contributed by atoms with van der Waals surface area (Å²) in [4.78, 5) is 0. The summed E-state index contributed by atoms with van der Waals surface area (Å²) in [6.07, 6.45) is -0.365. The minimum Gasteiger partial charge on any atom is -0.491 e. The van der Waals surface area contributed by atoms with Crippen LogP contribution in [0, 0.1) is 0 Å². The van der Waals surface area contributed by atoms with E-state index in [4.69, 9.17) is 18.9 Å². The molecular formula is C22H28O5. The van der Waals surface area contributed by atoms with Gasteiger partial charge in [0.1, 0.15) is 36.9 Å². The van der Waals surface area contributed by atoms with E-state index in [-0.39, 0.29) is 24.7 Å². The molecule has 1 N–H and O–H groups in total. The van der Waals surface area contributed by atoms with Crippen molar-refractivity contribution < 1.29 is 24.1 Å². The monoisotopic (exact) mass is 372 g/mol. The summed E-state index contributed by atoms with van der Waals surface area (Å²) in [6.45, 7) is 6.28. The number of methoxy groups -OCH3 is 1. The molecule has 0 saturated carbocycles. The Bertz CT molecular complexity index is 704. The van der Waals surface area contributed by atoms with E-state index in [1.165, 1.54) is 11.1 Å². The number of hydrogen-bond donors (Lipinski definition) is 1. The lowest BCUT2D eigenvalue weighted by molar-refractivity contribution is 0.0325. The fourth-order valence-electron chi connectivity index (χ4n) is 2.89. The summed E-state index contributed by atoms with van der Waals surface area (Å²) < 4.78 is 21.4. The Hall–Kier alpha value is -2.08. The second-order valence-electron chi connectivity index (χ2n) is 7.36. The molecule has 2 aromatic rings. The molecule has 1 aliphatic rings. The van der Waals surface area contributed by atoms with Gasteiger partial charge in [0.15, 0.2) is 0 Å². The molecule has 0 spiro atoms. The van der Waals surface area contributed by atoms with Crippen molar-refractivity contribution in [2.75, 3.05) is 33.5 Å². The van der Waals surface area contributed by atoms with Gasteiger partial charge in [-0.1, -0.05) is 38.1 Å². The molecule has 0 aromatic heterocycles. The lowest BCUT2D eigenvalue weighted by atomic mass is 9.78. The van der Waals surface area contributed by atoms with Crippen LogP contribution in [0.1, 0.15) is 25.0 Å². The van der Waals surface area contributed by atoms with Crippen molar-refractivity contribution >= 4 is 0 Å². The highest BCUT2D eigenvalue weighted by molar-refractivity contribution is 5.41. The van der Waals surface area contributed by atoms with Crippen LogP contribution in [-0.2, 0) is 14.9 Å². The largest absolute Gasteiger partial charge is 0.491 e. The van der Waals surface area contributed by atoms with E-state index in [9.17, 15) is 5.11 Å². The number of aliphatic hydroxyl groups is 1. The lowest BCUT2D eigenvalue weighted by Gasteiger charge is -2.26. The van der Waals surface area contributed by atoms with Crippen LogP contribution < -0.4 is 9.47 Å². The lowest BCUT2D eigenvalue weighted by Crippen LogP contribution is -2.22. The number of benzene rings is 2. The van der Waals surface area contributed by atoms with E-state index < -0.39 is 6.10 Å². The first-order valence-corrected chi connectivity index (χ1v) is 9.24. The molecule has 5 nitrogen and oxygen atoms in total. The molecule has 1 aliphatic heterocycles. The van der Waals surface area contributed by atoms with E-state index in [1.54, 1.807) is 7.11 Å². The Morgan fingerprint density at radius 3 is 1.96 bits per heavy atom. The third-order valence-corrected chi connectivity index (χ3v) is 4.79. The van der Waals surface area contributed by atoms with Crippen LogP contribution in [0.3, 0.4) is 0 Å². The van der Waals surface area contributed by atoms with Crippen molar-refractivity contribution in [1.82, 2.24) is 0 Å². The van der Waals surface area contributed by atoms with E-state index >= 15 is 0 Å². The highest BCUT2D eigenvalue weighted by atomic mass is 16.6. The van der Waals surface area contributed by atoms with Crippen LogP contribution in [0.4, 0.5) is 0 Å². The predicted octanol–water partition coefficient (Wildman–Crippen LogP) is 3.18. The molecule has 0 radical (unpaired) electrons. The van der Waals surface area contributed by atoms with Crippen LogP contribution in [-0.4, -0.2) is 50.9 Å². The molecule has 1 saturated heterocycles. The maximum atomic E-state index is 9.67. The zero-order chi connectivity index (χ0) is 19.3. The van der Waals surface area contributed by atoms with Crippen LogP contribution in [0.15, 0.2) is 48.5 Å². The van der Waals surface area contributed by atoms with Gasteiger partial charge in [-0.15, -0.1) is 0 Å². The molecule has 146 valence electrons.